The predicted octanol–water partition coefficient (Wildman–Crippen LogP) is 4.84. The van der Waals surface area contributed by atoms with Crippen molar-refractivity contribution in [3.8, 4) is 0 Å². The van der Waals surface area contributed by atoms with Crippen molar-refractivity contribution in [2.24, 2.45) is 22.7 Å². The fourth-order valence-corrected chi connectivity index (χ4v) is 6.34. The summed E-state index contributed by atoms with van der Waals surface area (Å²) in [5.74, 6) is 0.493. The minimum absolute atomic E-state index is 0.0472. The fourth-order valence-electron chi connectivity index (χ4n) is 6.14. The molecule has 0 aromatic carbocycles. The Labute approximate surface area is 168 Å². The molecule has 4 nitrogen and oxygen atoms in total. The van der Waals surface area contributed by atoms with Crippen molar-refractivity contribution in [2.45, 2.75) is 95.1 Å². The van der Waals surface area contributed by atoms with Crippen molar-refractivity contribution in [1.29, 1.82) is 0 Å². The zero-order chi connectivity index (χ0) is 20.0. The molecule has 0 aromatic rings. The first kappa shape index (κ1) is 20.7. The van der Waals surface area contributed by atoms with Gasteiger partial charge in [0.1, 0.15) is 5.60 Å². The number of aliphatic imine (C=N–C) groups is 1. The van der Waals surface area contributed by atoms with Crippen LogP contribution in [0.15, 0.2) is 17.1 Å². The summed E-state index contributed by atoms with van der Waals surface area (Å²) in [4.78, 5) is 8.52. The van der Waals surface area contributed by atoms with Crippen LogP contribution in [0.3, 0.4) is 0 Å². The van der Waals surface area contributed by atoms with Gasteiger partial charge in [0.05, 0.1) is 22.4 Å². The maximum absolute atomic E-state index is 11.0. The van der Waals surface area contributed by atoms with E-state index in [4.69, 9.17) is 23.5 Å². The second kappa shape index (κ2) is 7.08. The van der Waals surface area contributed by atoms with E-state index >= 15 is 0 Å². The summed E-state index contributed by atoms with van der Waals surface area (Å²) in [7, 11) is 0. The van der Waals surface area contributed by atoms with Crippen molar-refractivity contribution in [2.75, 3.05) is 0 Å². The molecule has 2 aliphatic carbocycles. The Bertz CT molecular complexity index is 708. The van der Waals surface area contributed by atoms with Gasteiger partial charge in [-0.05, 0) is 90.3 Å². The number of fused-ring (bicyclic) bond motifs is 1. The molecule has 1 saturated heterocycles. The van der Waals surface area contributed by atoms with E-state index in [1.54, 1.807) is 0 Å². The summed E-state index contributed by atoms with van der Waals surface area (Å²) in [5, 5.41) is 13.6. The normalized spacial score (nSPS) is 49.6. The topological polar surface area (TPSA) is 46.2 Å². The smallest absolute Gasteiger partial charge is 0.255 e. The molecule has 1 N–H and O–H groups in total. The van der Waals surface area contributed by atoms with E-state index in [1.165, 1.54) is 0 Å². The van der Waals surface area contributed by atoms with E-state index < -0.39 is 11.6 Å². The lowest BCUT2D eigenvalue weighted by molar-refractivity contribution is -0.141. The van der Waals surface area contributed by atoms with E-state index in [-0.39, 0.29) is 35.0 Å². The molecule has 0 unspecified atom stereocenters. The third kappa shape index (κ3) is 3.42. The standard InChI is InChI=1S/C22H32N2O2S/c1-14(2)17-9-12-22(5,26-17)16-7-10-20(3,24-13-27)15-8-11-21(4,25)19(23-6)18(15)16/h15-19,25H,1,7-12H2,2-5H3/t15-,16-,17-,18-,19+,20-,21+,22+/m0/s1. The number of hydrogen-bond acceptors (Lipinski definition) is 4. The Hall–Kier alpha value is -1.05. The summed E-state index contributed by atoms with van der Waals surface area (Å²) < 4.78 is 6.54. The summed E-state index contributed by atoms with van der Waals surface area (Å²) in [6.45, 7) is 20.2. The van der Waals surface area contributed by atoms with Crippen LogP contribution < -0.4 is 0 Å². The van der Waals surface area contributed by atoms with Crippen LogP contribution in [0.4, 0.5) is 0 Å². The average Bonchev–Trinajstić information content (AvgIpc) is 2.98. The maximum atomic E-state index is 11.0. The molecule has 0 aromatic heterocycles. The highest BCUT2D eigenvalue weighted by Crippen LogP contribution is 2.58. The first-order valence-electron chi connectivity index (χ1n) is 10.1. The van der Waals surface area contributed by atoms with Crippen LogP contribution in [0.2, 0.25) is 0 Å². The molecule has 148 valence electrons. The monoisotopic (exact) mass is 388 g/mol. The number of hydrogen-bond donors (Lipinski definition) is 1. The molecule has 3 aliphatic rings. The molecule has 2 saturated carbocycles. The van der Waals surface area contributed by atoms with Gasteiger partial charge in [-0.15, -0.1) is 0 Å². The van der Waals surface area contributed by atoms with Gasteiger partial charge in [-0.3, -0.25) is 0 Å². The lowest BCUT2D eigenvalue weighted by Gasteiger charge is -2.55. The summed E-state index contributed by atoms with van der Waals surface area (Å²) in [6, 6.07) is -0.439. The first-order chi connectivity index (χ1) is 12.6. The molecule has 0 amide bonds. The zero-order valence-electron chi connectivity index (χ0n) is 17.0. The molecular weight excluding hydrogens is 356 g/mol. The van der Waals surface area contributed by atoms with Gasteiger partial charge in [-0.1, -0.05) is 12.2 Å². The van der Waals surface area contributed by atoms with Crippen LogP contribution in [-0.4, -0.2) is 39.2 Å². The Kier molecular flexibility index (Phi) is 5.42. The van der Waals surface area contributed by atoms with Crippen molar-refractivity contribution in [3.05, 3.63) is 23.6 Å². The largest absolute Gasteiger partial charge is 0.382 e. The summed E-state index contributed by atoms with van der Waals surface area (Å²) in [5.41, 5.74) is -0.487. The Morgan fingerprint density at radius 2 is 1.89 bits per heavy atom. The molecule has 5 heteroatoms. The minimum Gasteiger partial charge on any atom is -0.382 e. The molecule has 8 atom stereocenters. The molecule has 3 rings (SSSR count). The molecule has 27 heavy (non-hydrogen) atoms. The average molecular weight is 389 g/mol. The first-order valence-corrected chi connectivity index (χ1v) is 10.5. The van der Waals surface area contributed by atoms with Gasteiger partial charge in [-0.2, -0.15) is 0 Å². The molecule has 0 bridgehead atoms. The molecular formula is C22H32N2O2S. The van der Waals surface area contributed by atoms with Crippen molar-refractivity contribution in [1.82, 2.24) is 0 Å². The van der Waals surface area contributed by atoms with E-state index in [0.29, 0.717) is 6.42 Å². The Morgan fingerprint density at radius 1 is 1.22 bits per heavy atom. The summed E-state index contributed by atoms with van der Waals surface area (Å²) in [6.07, 6.45) is 5.38. The fraction of sp³-hybridized carbons (Fsp3) is 0.818. The van der Waals surface area contributed by atoms with Gasteiger partial charge in [0.15, 0.2) is 0 Å². The van der Waals surface area contributed by atoms with Gasteiger partial charge < -0.3 is 14.7 Å². The summed E-state index contributed by atoms with van der Waals surface area (Å²) >= 11 is 4.94. The van der Waals surface area contributed by atoms with Crippen LogP contribution in [0.25, 0.3) is 4.85 Å². The van der Waals surface area contributed by atoms with Crippen LogP contribution >= 0.6 is 12.2 Å². The van der Waals surface area contributed by atoms with Crippen LogP contribution in [-0.2, 0) is 4.74 Å². The quantitative estimate of drug-likeness (QED) is 0.326. The molecule has 1 aliphatic heterocycles. The SMILES string of the molecule is [C-]#[N+][C@@H]1[C@@H]2[C@@H]([C@@]3(C)CC[C@@H](C(=C)C)O3)CC[C@](C)(N=C=S)[C@H]2CC[C@@]1(C)O. The van der Waals surface area contributed by atoms with Crippen LogP contribution in [0, 0.1) is 24.3 Å². The Balaban J connectivity index is 2.02. The van der Waals surface area contributed by atoms with Crippen LogP contribution in [0.1, 0.15) is 66.2 Å². The van der Waals surface area contributed by atoms with Gasteiger partial charge >= 0.3 is 0 Å². The Morgan fingerprint density at radius 3 is 2.44 bits per heavy atom. The van der Waals surface area contributed by atoms with E-state index in [2.05, 4.69) is 35.4 Å². The number of rotatable bonds is 3. The molecule has 0 spiro atoms. The number of ether oxygens (including phenoxy) is 1. The number of aliphatic hydroxyl groups is 1. The van der Waals surface area contributed by atoms with E-state index in [0.717, 1.165) is 37.7 Å². The van der Waals surface area contributed by atoms with E-state index in [9.17, 15) is 5.11 Å². The van der Waals surface area contributed by atoms with Crippen molar-refractivity contribution in [3.63, 3.8) is 0 Å². The number of isothiocyanates is 1. The van der Waals surface area contributed by atoms with Crippen LogP contribution in [0.5, 0.6) is 0 Å². The van der Waals surface area contributed by atoms with E-state index in [1.807, 2.05) is 13.8 Å². The molecule has 0 radical (unpaired) electrons. The van der Waals surface area contributed by atoms with Gasteiger partial charge in [-0.25, -0.2) is 11.6 Å². The lowest BCUT2D eigenvalue weighted by Crippen LogP contribution is -2.62. The van der Waals surface area contributed by atoms with Crippen molar-refractivity contribution < 1.29 is 9.84 Å². The van der Waals surface area contributed by atoms with Crippen molar-refractivity contribution >= 4 is 17.4 Å². The van der Waals surface area contributed by atoms with Gasteiger partial charge in [0, 0.05) is 5.92 Å². The minimum atomic E-state index is -0.969. The number of nitrogens with zero attached hydrogens (tertiary/aromatic N) is 2. The predicted molar refractivity (Wildman–Crippen MR) is 111 cm³/mol. The highest BCUT2D eigenvalue weighted by atomic mass is 32.1. The second-order valence-electron chi connectivity index (χ2n) is 9.66. The number of thiocarbonyl (C=S) groups is 1. The van der Waals surface area contributed by atoms with Gasteiger partial charge in [0.25, 0.3) is 6.04 Å². The second-order valence-corrected chi connectivity index (χ2v) is 9.85. The molecule has 3 fully saturated rings. The highest BCUT2D eigenvalue weighted by molar-refractivity contribution is 7.78. The maximum Gasteiger partial charge on any atom is 0.255 e. The third-order valence-electron chi connectivity index (χ3n) is 7.74. The lowest BCUT2D eigenvalue weighted by atomic mass is 9.51. The highest BCUT2D eigenvalue weighted by Gasteiger charge is 2.63. The van der Waals surface area contributed by atoms with Gasteiger partial charge in [0.2, 0.25) is 0 Å². The molecule has 1 heterocycles. The third-order valence-corrected chi connectivity index (χ3v) is 7.83. The zero-order valence-corrected chi connectivity index (χ0v) is 17.8.